The van der Waals surface area contributed by atoms with Gasteiger partial charge in [0.05, 0.1) is 0 Å². The van der Waals surface area contributed by atoms with Crippen LogP contribution in [0.5, 0.6) is 0 Å². The molecule has 2 aromatic carbocycles. The molecule has 0 aliphatic carbocycles. The molecule has 3 nitrogen and oxygen atoms in total. The van der Waals surface area contributed by atoms with E-state index in [-0.39, 0.29) is 0 Å². The van der Waals surface area contributed by atoms with Gasteiger partial charge in [0, 0.05) is 66.9 Å². The second-order valence-corrected chi connectivity index (χ2v) is 6.86. The lowest BCUT2D eigenvalue weighted by atomic mass is 10.1. The van der Waals surface area contributed by atoms with Gasteiger partial charge in [-0.25, -0.2) is 0 Å². The summed E-state index contributed by atoms with van der Waals surface area (Å²) in [5.41, 5.74) is 8.66. The Balaban J connectivity index is 1.74. The third kappa shape index (κ3) is 2.12. The highest BCUT2D eigenvalue weighted by Crippen LogP contribution is 2.38. The van der Waals surface area contributed by atoms with Crippen LogP contribution in [0.1, 0.15) is 16.8 Å². The molecule has 0 bridgehead atoms. The molecular weight excluding hydrogens is 294 g/mol. The summed E-state index contributed by atoms with van der Waals surface area (Å²) >= 11 is 0. The van der Waals surface area contributed by atoms with Crippen LogP contribution in [-0.4, -0.2) is 18.7 Å². The Morgan fingerprint density at radius 2 is 1.83 bits per heavy atom. The first kappa shape index (κ1) is 14.9. The molecule has 4 rings (SSSR count). The SMILES string of the molecule is C=C1c2cc(N(C)C)ccc2CN1c1ccc2c(c1)cc(C)n2C. The van der Waals surface area contributed by atoms with Crippen molar-refractivity contribution in [1.29, 1.82) is 0 Å². The van der Waals surface area contributed by atoms with Gasteiger partial charge in [-0.3, -0.25) is 0 Å². The van der Waals surface area contributed by atoms with Crippen molar-refractivity contribution in [2.24, 2.45) is 7.05 Å². The van der Waals surface area contributed by atoms with Gasteiger partial charge >= 0.3 is 0 Å². The summed E-state index contributed by atoms with van der Waals surface area (Å²) in [7, 11) is 6.26. The van der Waals surface area contributed by atoms with E-state index in [0.717, 1.165) is 12.2 Å². The summed E-state index contributed by atoms with van der Waals surface area (Å²) in [6.45, 7) is 7.39. The Kier molecular flexibility index (Phi) is 3.20. The quantitative estimate of drug-likeness (QED) is 0.687. The lowest BCUT2D eigenvalue weighted by molar-refractivity contribution is 0.918. The molecule has 0 N–H and O–H groups in total. The van der Waals surface area contributed by atoms with Gasteiger partial charge in [0.1, 0.15) is 0 Å². The number of benzene rings is 2. The van der Waals surface area contributed by atoms with E-state index in [1.807, 2.05) is 0 Å². The third-order valence-corrected chi connectivity index (χ3v) is 5.15. The lowest BCUT2D eigenvalue weighted by Crippen LogP contribution is -2.12. The van der Waals surface area contributed by atoms with Gasteiger partial charge in [0.25, 0.3) is 0 Å². The highest BCUT2D eigenvalue weighted by atomic mass is 15.2. The first-order chi connectivity index (χ1) is 11.5. The Bertz CT molecular complexity index is 963. The van der Waals surface area contributed by atoms with Crippen molar-refractivity contribution in [3.63, 3.8) is 0 Å². The molecule has 0 atom stereocenters. The first-order valence-corrected chi connectivity index (χ1v) is 8.29. The second kappa shape index (κ2) is 5.17. The van der Waals surface area contributed by atoms with Crippen molar-refractivity contribution >= 4 is 28.0 Å². The summed E-state index contributed by atoms with van der Waals surface area (Å²) in [6.07, 6.45) is 0. The Hall–Kier alpha value is -2.68. The fraction of sp³-hybridized carbons (Fsp3) is 0.238. The predicted octanol–water partition coefficient (Wildman–Crippen LogP) is 4.54. The van der Waals surface area contributed by atoms with Gasteiger partial charge in [0.2, 0.25) is 0 Å². The smallest absolute Gasteiger partial charge is 0.0488 e. The number of hydrogen-bond donors (Lipinski definition) is 0. The van der Waals surface area contributed by atoms with E-state index in [1.54, 1.807) is 0 Å². The van der Waals surface area contributed by atoms with Crippen molar-refractivity contribution in [2.45, 2.75) is 13.5 Å². The summed E-state index contributed by atoms with van der Waals surface area (Å²) in [5.74, 6) is 0. The summed E-state index contributed by atoms with van der Waals surface area (Å²) in [4.78, 5) is 4.45. The minimum absolute atomic E-state index is 0.888. The van der Waals surface area contributed by atoms with Crippen LogP contribution in [0.2, 0.25) is 0 Å². The number of fused-ring (bicyclic) bond motifs is 2. The standard InChI is InChI=1S/C21H23N3/c1-14-10-17-11-19(8-9-21(17)23(14)5)24-13-16-6-7-18(22(3)4)12-20(16)15(24)2/h6-12H,2,13H2,1,3-5H3. The number of rotatable bonds is 2. The summed E-state index contributed by atoms with van der Waals surface area (Å²) in [6, 6.07) is 15.6. The van der Waals surface area contributed by atoms with E-state index in [9.17, 15) is 0 Å². The van der Waals surface area contributed by atoms with Gasteiger partial charge in [0.15, 0.2) is 0 Å². The molecule has 122 valence electrons. The van der Waals surface area contributed by atoms with Crippen molar-refractivity contribution in [3.05, 3.63) is 65.9 Å². The van der Waals surface area contributed by atoms with Crippen molar-refractivity contribution in [1.82, 2.24) is 4.57 Å². The van der Waals surface area contributed by atoms with E-state index < -0.39 is 0 Å². The van der Waals surface area contributed by atoms with Crippen LogP contribution in [-0.2, 0) is 13.6 Å². The number of aromatic nitrogens is 1. The van der Waals surface area contributed by atoms with Gasteiger partial charge < -0.3 is 14.4 Å². The van der Waals surface area contributed by atoms with Gasteiger partial charge in [-0.15, -0.1) is 0 Å². The molecule has 3 aromatic rings. The molecule has 0 radical (unpaired) electrons. The zero-order valence-electron chi connectivity index (χ0n) is 14.8. The molecule has 0 saturated heterocycles. The normalized spacial score (nSPS) is 13.7. The third-order valence-electron chi connectivity index (χ3n) is 5.15. The molecule has 0 spiro atoms. The lowest BCUT2D eigenvalue weighted by Gasteiger charge is -2.20. The summed E-state index contributed by atoms with van der Waals surface area (Å²) < 4.78 is 2.23. The van der Waals surface area contributed by atoms with Crippen LogP contribution in [0, 0.1) is 6.92 Å². The maximum absolute atomic E-state index is 4.36. The predicted molar refractivity (Wildman–Crippen MR) is 104 cm³/mol. The van der Waals surface area contributed by atoms with E-state index >= 15 is 0 Å². The fourth-order valence-electron chi connectivity index (χ4n) is 3.55. The van der Waals surface area contributed by atoms with Gasteiger partial charge in [-0.05, 0) is 48.9 Å². The van der Waals surface area contributed by atoms with E-state index in [2.05, 4.69) is 91.5 Å². The van der Waals surface area contributed by atoms with Crippen LogP contribution in [0.15, 0.2) is 49.0 Å². The molecule has 24 heavy (non-hydrogen) atoms. The Morgan fingerprint density at radius 3 is 2.58 bits per heavy atom. The number of aryl methyl sites for hydroxylation is 2. The van der Waals surface area contributed by atoms with Gasteiger partial charge in [-0.2, -0.15) is 0 Å². The molecule has 0 unspecified atom stereocenters. The van der Waals surface area contributed by atoms with Crippen molar-refractivity contribution < 1.29 is 0 Å². The molecule has 2 heterocycles. The number of anilines is 2. The fourth-order valence-corrected chi connectivity index (χ4v) is 3.55. The highest BCUT2D eigenvalue weighted by Gasteiger charge is 2.24. The zero-order chi connectivity index (χ0) is 17.0. The molecule has 0 saturated carbocycles. The number of nitrogens with zero attached hydrogens (tertiary/aromatic N) is 3. The van der Waals surface area contributed by atoms with Crippen LogP contribution >= 0.6 is 0 Å². The minimum atomic E-state index is 0.888. The maximum Gasteiger partial charge on any atom is 0.0488 e. The average molecular weight is 317 g/mol. The van der Waals surface area contributed by atoms with Crippen LogP contribution in [0.3, 0.4) is 0 Å². The Morgan fingerprint density at radius 1 is 1.04 bits per heavy atom. The average Bonchev–Trinajstić information content (AvgIpc) is 3.04. The molecule has 0 amide bonds. The van der Waals surface area contributed by atoms with E-state index in [1.165, 1.54) is 39.1 Å². The molecule has 1 aliphatic rings. The molecule has 3 heteroatoms. The summed E-state index contributed by atoms with van der Waals surface area (Å²) in [5, 5.41) is 1.28. The molecule has 1 aliphatic heterocycles. The van der Waals surface area contributed by atoms with Crippen molar-refractivity contribution in [3.8, 4) is 0 Å². The molecule has 1 aromatic heterocycles. The monoisotopic (exact) mass is 317 g/mol. The van der Waals surface area contributed by atoms with Gasteiger partial charge in [-0.1, -0.05) is 12.6 Å². The van der Waals surface area contributed by atoms with Crippen molar-refractivity contribution in [2.75, 3.05) is 23.9 Å². The van der Waals surface area contributed by atoms with E-state index in [4.69, 9.17) is 0 Å². The van der Waals surface area contributed by atoms with Crippen LogP contribution in [0.25, 0.3) is 16.6 Å². The zero-order valence-corrected chi connectivity index (χ0v) is 14.8. The topological polar surface area (TPSA) is 11.4 Å². The number of hydrogen-bond acceptors (Lipinski definition) is 2. The van der Waals surface area contributed by atoms with Crippen LogP contribution in [0.4, 0.5) is 11.4 Å². The molecule has 0 fully saturated rings. The van der Waals surface area contributed by atoms with E-state index in [0.29, 0.717) is 0 Å². The first-order valence-electron chi connectivity index (χ1n) is 8.29. The Labute approximate surface area is 143 Å². The minimum Gasteiger partial charge on any atom is -0.378 e. The maximum atomic E-state index is 4.36. The second-order valence-electron chi connectivity index (χ2n) is 6.86. The molecular formula is C21H23N3. The largest absolute Gasteiger partial charge is 0.378 e. The van der Waals surface area contributed by atoms with Crippen LogP contribution < -0.4 is 9.80 Å². The highest BCUT2D eigenvalue weighted by molar-refractivity contribution is 5.90.